The monoisotopic (exact) mass is 479 g/mol. The van der Waals surface area contributed by atoms with Crippen LogP contribution in [0.3, 0.4) is 0 Å². The lowest BCUT2D eigenvalue weighted by atomic mass is 10.1. The molecule has 0 bridgehead atoms. The molecule has 34 heavy (non-hydrogen) atoms. The normalized spacial score (nSPS) is 13.8. The summed E-state index contributed by atoms with van der Waals surface area (Å²) in [5, 5.41) is 2.48. The molecule has 1 aliphatic heterocycles. The van der Waals surface area contributed by atoms with Gasteiger partial charge in [-0.3, -0.25) is 9.59 Å². The lowest BCUT2D eigenvalue weighted by Gasteiger charge is -2.35. The van der Waals surface area contributed by atoms with Gasteiger partial charge in [-0.25, -0.2) is 4.79 Å². The second kappa shape index (κ2) is 12.3. The average Bonchev–Trinajstić information content (AvgIpc) is 2.78. The molecule has 3 amide bonds. The smallest absolute Gasteiger partial charge is 0.408 e. The summed E-state index contributed by atoms with van der Waals surface area (Å²) in [7, 11) is 0. The van der Waals surface area contributed by atoms with Crippen molar-refractivity contribution < 1.29 is 33.3 Å². The molecule has 1 fully saturated rings. The fourth-order valence-corrected chi connectivity index (χ4v) is 3.43. The number of alkyl carbamates (subject to hydrolysis) is 1. The van der Waals surface area contributed by atoms with E-state index < -0.39 is 11.7 Å². The van der Waals surface area contributed by atoms with Crippen LogP contribution in [0, 0.1) is 0 Å². The molecule has 1 aromatic rings. The fraction of sp³-hybridized carbons (Fsp3) is 0.625. The summed E-state index contributed by atoms with van der Waals surface area (Å²) >= 11 is 0. The zero-order chi connectivity index (χ0) is 25.3. The fourth-order valence-electron chi connectivity index (χ4n) is 3.43. The zero-order valence-corrected chi connectivity index (χ0v) is 21.1. The van der Waals surface area contributed by atoms with Gasteiger partial charge in [0.05, 0.1) is 19.8 Å². The summed E-state index contributed by atoms with van der Waals surface area (Å²) in [5.74, 6) is 0.997. The van der Waals surface area contributed by atoms with Gasteiger partial charge in [0.15, 0.2) is 11.5 Å². The van der Waals surface area contributed by atoms with Gasteiger partial charge in [-0.05, 0) is 53.7 Å². The third kappa shape index (κ3) is 7.71. The van der Waals surface area contributed by atoms with Crippen molar-refractivity contribution >= 4 is 17.9 Å². The Morgan fingerprint density at radius 1 is 0.853 bits per heavy atom. The topological polar surface area (TPSA) is 107 Å². The van der Waals surface area contributed by atoms with Gasteiger partial charge in [-0.15, -0.1) is 0 Å². The Balaban J connectivity index is 2.02. The molecule has 0 atom stereocenters. The summed E-state index contributed by atoms with van der Waals surface area (Å²) in [6.45, 7) is 13.5. The molecule has 10 heteroatoms. The van der Waals surface area contributed by atoms with Crippen LogP contribution in [0.1, 0.15) is 51.9 Å². The zero-order valence-electron chi connectivity index (χ0n) is 21.1. The Kier molecular flexibility index (Phi) is 9.83. The maximum atomic E-state index is 13.2. The Morgan fingerprint density at radius 2 is 1.35 bits per heavy atom. The molecule has 1 saturated heterocycles. The molecule has 0 unspecified atom stereocenters. The minimum Gasteiger partial charge on any atom is -0.490 e. The minimum atomic E-state index is -0.639. The number of hydrogen-bond acceptors (Lipinski definition) is 7. The molecule has 0 aromatic heterocycles. The number of piperazine rings is 1. The SMILES string of the molecule is CCOc1cc(C(=O)N2CCN(C(=O)CNC(=O)OC(C)(C)C)CC2)cc(OCC)c1OCC. The lowest BCUT2D eigenvalue weighted by Crippen LogP contribution is -2.52. The molecule has 2 rings (SSSR count). The van der Waals surface area contributed by atoms with Crippen molar-refractivity contribution in [3.05, 3.63) is 17.7 Å². The molecular formula is C24H37N3O7. The highest BCUT2D eigenvalue weighted by Crippen LogP contribution is 2.39. The Labute approximate surface area is 201 Å². The summed E-state index contributed by atoms with van der Waals surface area (Å²) in [6.07, 6.45) is -0.639. The van der Waals surface area contributed by atoms with Gasteiger partial charge in [-0.1, -0.05) is 0 Å². The van der Waals surface area contributed by atoms with Crippen LogP contribution in [0.5, 0.6) is 17.2 Å². The molecule has 1 heterocycles. The lowest BCUT2D eigenvalue weighted by molar-refractivity contribution is -0.131. The summed E-state index contributed by atoms with van der Waals surface area (Å²) in [6, 6.07) is 3.34. The summed E-state index contributed by atoms with van der Waals surface area (Å²) in [4.78, 5) is 40.7. The molecule has 1 aromatic carbocycles. The second-order valence-electron chi connectivity index (χ2n) is 8.63. The van der Waals surface area contributed by atoms with E-state index in [1.165, 1.54) is 0 Å². The van der Waals surface area contributed by atoms with Gasteiger partial charge in [0.2, 0.25) is 11.7 Å². The molecular weight excluding hydrogens is 442 g/mol. The van der Waals surface area contributed by atoms with Crippen molar-refractivity contribution in [2.45, 2.75) is 47.1 Å². The van der Waals surface area contributed by atoms with Crippen LogP contribution in [0.25, 0.3) is 0 Å². The first kappa shape index (κ1) is 27.1. The maximum absolute atomic E-state index is 13.2. The Bertz CT molecular complexity index is 832. The third-order valence-corrected chi connectivity index (χ3v) is 4.86. The van der Waals surface area contributed by atoms with E-state index in [1.54, 1.807) is 42.7 Å². The maximum Gasteiger partial charge on any atom is 0.408 e. The predicted octanol–water partition coefficient (Wildman–Crippen LogP) is 2.69. The first-order valence-corrected chi connectivity index (χ1v) is 11.7. The summed E-state index contributed by atoms with van der Waals surface area (Å²) < 4.78 is 22.3. The van der Waals surface area contributed by atoms with E-state index in [1.807, 2.05) is 20.8 Å². The van der Waals surface area contributed by atoms with E-state index in [0.717, 1.165) is 0 Å². The largest absolute Gasteiger partial charge is 0.490 e. The van der Waals surface area contributed by atoms with Crippen LogP contribution in [0.15, 0.2) is 12.1 Å². The van der Waals surface area contributed by atoms with Crippen LogP contribution < -0.4 is 19.5 Å². The highest BCUT2D eigenvalue weighted by atomic mass is 16.6. The molecule has 0 aliphatic carbocycles. The van der Waals surface area contributed by atoms with E-state index in [0.29, 0.717) is 68.8 Å². The van der Waals surface area contributed by atoms with E-state index in [4.69, 9.17) is 18.9 Å². The molecule has 190 valence electrons. The van der Waals surface area contributed by atoms with Gasteiger partial charge in [0.1, 0.15) is 12.1 Å². The van der Waals surface area contributed by atoms with Gasteiger partial charge in [0.25, 0.3) is 5.91 Å². The van der Waals surface area contributed by atoms with Gasteiger partial charge in [-0.2, -0.15) is 0 Å². The standard InChI is InChI=1S/C24H37N3O7/c1-7-31-18-14-17(15-19(32-8-2)21(18)33-9-3)22(29)27-12-10-26(11-13-27)20(28)16-25-23(30)34-24(4,5)6/h14-15H,7-13,16H2,1-6H3,(H,25,30). The van der Waals surface area contributed by atoms with Crippen LogP contribution in [0.4, 0.5) is 4.79 Å². The number of benzene rings is 1. The van der Waals surface area contributed by atoms with Crippen LogP contribution in [-0.2, 0) is 9.53 Å². The predicted molar refractivity (Wildman–Crippen MR) is 127 cm³/mol. The van der Waals surface area contributed by atoms with E-state index >= 15 is 0 Å². The third-order valence-electron chi connectivity index (χ3n) is 4.86. The number of rotatable bonds is 9. The number of hydrogen-bond donors (Lipinski definition) is 1. The minimum absolute atomic E-state index is 0.156. The highest BCUT2D eigenvalue weighted by Gasteiger charge is 2.27. The molecule has 0 spiro atoms. The van der Waals surface area contributed by atoms with Crippen molar-refractivity contribution in [2.75, 3.05) is 52.5 Å². The molecule has 1 N–H and O–H groups in total. The number of nitrogens with one attached hydrogen (secondary N) is 1. The summed E-state index contributed by atoms with van der Waals surface area (Å²) in [5.41, 5.74) is -0.203. The quantitative estimate of drug-likeness (QED) is 0.580. The average molecular weight is 480 g/mol. The molecule has 1 aliphatic rings. The van der Waals surface area contributed by atoms with Crippen molar-refractivity contribution in [1.29, 1.82) is 0 Å². The molecule has 0 saturated carbocycles. The highest BCUT2D eigenvalue weighted by molar-refractivity contribution is 5.96. The number of amides is 3. The van der Waals surface area contributed by atoms with Crippen LogP contribution >= 0.6 is 0 Å². The Morgan fingerprint density at radius 3 is 1.82 bits per heavy atom. The van der Waals surface area contributed by atoms with Crippen molar-refractivity contribution in [1.82, 2.24) is 15.1 Å². The first-order valence-electron chi connectivity index (χ1n) is 11.7. The number of ether oxygens (including phenoxy) is 4. The van der Waals surface area contributed by atoms with E-state index in [2.05, 4.69) is 5.32 Å². The van der Waals surface area contributed by atoms with E-state index in [9.17, 15) is 14.4 Å². The van der Waals surface area contributed by atoms with Crippen molar-refractivity contribution in [3.8, 4) is 17.2 Å². The second-order valence-corrected chi connectivity index (χ2v) is 8.63. The number of nitrogens with zero attached hydrogens (tertiary/aromatic N) is 2. The van der Waals surface area contributed by atoms with E-state index in [-0.39, 0.29) is 18.4 Å². The van der Waals surface area contributed by atoms with Crippen molar-refractivity contribution in [2.24, 2.45) is 0 Å². The van der Waals surface area contributed by atoms with Crippen LogP contribution in [-0.4, -0.2) is 85.9 Å². The van der Waals surface area contributed by atoms with Crippen molar-refractivity contribution in [3.63, 3.8) is 0 Å². The number of carbonyl (C=O) groups excluding carboxylic acids is 3. The number of carbonyl (C=O) groups is 3. The molecule has 10 nitrogen and oxygen atoms in total. The van der Waals surface area contributed by atoms with Gasteiger partial charge in [0, 0.05) is 31.7 Å². The van der Waals surface area contributed by atoms with Gasteiger partial charge >= 0.3 is 6.09 Å². The first-order chi connectivity index (χ1) is 16.1. The molecule has 0 radical (unpaired) electrons. The van der Waals surface area contributed by atoms with Crippen LogP contribution in [0.2, 0.25) is 0 Å². The Hall–Kier alpha value is -3.17. The van der Waals surface area contributed by atoms with Gasteiger partial charge < -0.3 is 34.1 Å².